The number of benzene rings is 1. The van der Waals surface area contributed by atoms with Crippen molar-refractivity contribution >= 4 is 23.1 Å². The molecular weight excluding hydrogens is 278 g/mol. The van der Waals surface area contributed by atoms with Crippen molar-refractivity contribution in [1.29, 1.82) is 0 Å². The van der Waals surface area contributed by atoms with E-state index >= 15 is 0 Å². The summed E-state index contributed by atoms with van der Waals surface area (Å²) in [5.41, 5.74) is 2.46. The third-order valence-electron chi connectivity index (χ3n) is 3.20. The third kappa shape index (κ3) is 3.20. The molecule has 3 aromatic rings. The molecule has 0 fully saturated rings. The molecule has 0 aliphatic carbocycles. The second kappa shape index (κ2) is 6.22. The molecule has 2 heterocycles. The summed E-state index contributed by atoms with van der Waals surface area (Å²) in [4.78, 5) is 22.0. The number of rotatable bonds is 4. The molecule has 0 saturated carbocycles. The van der Waals surface area contributed by atoms with E-state index in [-0.39, 0.29) is 5.91 Å². The Bertz CT molecular complexity index is 776. The number of fused-ring (bicyclic) bond motifs is 1. The highest BCUT2D eigenvalue weighted by molar-refractivity contribution is 5.91. The molecule has 5 heteroatoms. The summed E-state index contributed by atoms with van der Waals surface area (Å²) in [5.74, 6) is 0.301. The molecule has 0 saturated heterocycles. The summed E-state index contributed by atoms with van der Waals surface area (Å²) < 4.78 is 5.54. The second-order valence-corrected chi connectivity index (χ2v) is 4.91. The van der Waals surface area contributed by atoms with E-state index in [1.165, 1.54) is 6.08 Å². The highest BCUT2D eigenvalue weighted by Crippen LogP contribution is 2.15. The van der Waals surface area contributed by atoms with Gasteiger partial charge in [0.1, 0.15) is 5.52 Å². The van der Waals surface area contributed by atoms with Crippen LogP contribution in [0.2, 0.25) is 0 Å². The van der Waals surface area contributed by atoms with Gasteiger partial charge in [-0.3, -0.25) is 9.78 Å². The number of carbonyl (C=O) groups excluding carboxylic acids is 1. The van der Waals surface area contributed by atoms with Crippen LogP contribution < -0.4 is 0 Å². The van der Waals surface area contributed by atoms with Gasteiger partial charge >= 0.3 is 0 Å². The standard InChI is InChI=1S/C17H15N3O2/c1-20(12-13-5-4-10-18-11-13)17(21)9-8-16-19-14-6-2-3-7-15(14)22-16/h2-11H,12H2,1H3. The van der Waals surface area contributed by atoms with E-state index in [4.69, 9.17) is 4.42 Å². The Morgan fingerprint density at radius 3 is 2.91 bits per heavy atom. The van der Waals surface area contributed by atoms with Gasteiger partial charge in [-0.25, -0.2) is 4.98 Å². The van der Waals surface area contributed by atoms with E-state index in [1.807, 2.05) is 36.4 Å². The van der Waals surface area contributed by atoms with Gasteiger partial charge in [0.15, 0.2) is 5.58 Å². The molecule has 110 valence electrons. The minimum atomic E-state index is -0.119. The molecule has 1 amide bonds. The van der Waals surface area contributed by atoms with Crippen LogP contribution in [0.25, 0.3) is 17.2 Å². The summed E-state index contributed by atoms with van der Waals surface area (Å²) in [7, 11) is 1.74. The minimum absolute atomic E-state index is 0.119. The van der Waals surface area contributed by atoms with Crippen LogP contribution in [0.5, 0.6) is 0 Å². The fourth-order valence-corrected chi connectivity index (χ4v) is 2.07. The molecule has 0 spiro atoms. The number of aromatic nitrogens is 2. The van der Waals surface area contributed by atoms with Gasteiger partial charge in [0.05, 0.1) is 0 Å². The minimum Gasteiger partial charge on any atom is -0.437 e. The van der Waals surface area contributed by atoms with Crippen LogP contribution in [-0.2, 0) is 11.3 Å². The number of pyridine rings is 1. The van der Waals surface area contributed by atoms with Crippen molar-refractivity contribution in [1.82, 2.24) is 14.9 Å². The van der Waals surface area contributed by atoms with E-state index < -0.39 is 0 Å². The fourth-order valence-electron chi connectivity index (χ4n) is 2.07. The van der Waals surface area contributed by atoms with Crippen LogP contribution in [-0.4, -0.2) is 27.8 Å². The smallest absolute Gasteiger partial charge is 0.246 e. The third-order valence-corrected chi connectivity index (χ3v) is 3.20. The van der Waals surface area contributed by atoms with Crippen molar-refractivity contribution in [3.05, 3.63) is 66.3 Å². The van der Waals surface area contributed by atoms with Gasteiger partial charge in [0, 0.05) is 38.1 Å². The van der Waals surface area contributed by atoms with Crippen LogP contribution >= 0.6 is 0 Å². The predicted octanol–water partition coefficient (Wildman–Crippen LogP) is 2.89. The van der Waals surface area contributed by atoms with E-state index in [9.17, 15) is 4.79 Å². The fraction of sp³-hybridized carbons (Fsp3) is 0.118. The molecule has 22 heavy (non-hydrogen) atoms. The Hall–Kier alpha value is -2.95. The lowest BCUT2D eigenvalue weighted by Gasteiger charge is -2.14. The zero-order valence-corrected chi connectivity index (χ0v) is 12.1. The maximum Gasteiger partial charge on any atom is 0.246 e. The van der Waals surface area contributed by atoms with Crippen LogP contribution in [0.3, 0.4) is 0 Å². The Labute approximate surface area is 127 Å². The lowest BCUT2D eigenvalue weighted by Crippen LogP contribution is -2.24. The van der Waals surface area contributed by atoms with Gasteiger partial charge in [-0.2, -0.15) is 0 Å². The molecule has 0 radical (unpaired) electrons. The molecule has 0 N–H and O–H groups in total. The largest absolute Gasteiger partial charge is 0.437 e. The van der Waals surface area contributed by atoms with Crippen molar-refractivity contribution < 1.29 is 9.21 Å². The Morgan fingerprint density at radius 1 is 1.27 bits per heavy atom. The van der Waals surface area contributed by atoms with Gasteiger partial charge < -0.3 is 9.32 Å². The summed E-state index contributed by atoms with van der Waals surface area (Å²) in [6, 6.07) is 11.3. The number of hydrogen-bond acceptors (Lipinski definition) is 4. The van der Waals surface area contributed by atoms with Crippen LogP contribution in [0, 0.1) is 0 Å². The average Bonchev–Trinajstić information content (AvgIpc) is 2.96. The summed E-state index contributed by atoms with van der Waals surface area (Å²) >= 11 is 0. The van der Waals surface area contributed by atoms with Gasteiger partial charge in [-0.15, -0.1) is 0 Å². The van der Waals surface area contributed by atoms with Gasteiger partial charge in [-0.05, 0) is 23.8 Å². The van der Waals surface area contributed by atoms with Crippen molar-refractivity contribution in [3.8, 4) is 0 Å². The lowest BCUT2D eigenvalue weighted by atomic mass is 10.2. The van der Waals surface area contributed by atoms with Gasteiger partial charge in [-0.1, -0.05) is 18.2 Å². The van der Waals surface area contributed by atoms with Crippen molar-refractivity contribution in [3.63, 3.8) is 0 Å². The first-order valence-corrected chi connectivity index (χ1v) is 6.90. The molecule has 2 aromatic heterocycles. The van der Waals surface area contributed by atoms with Gasteiger partial charge in [0.25, 0.3) is 0 Å². The van der Waals surface area contributed by atoms with Crippen molar-refractivity contribution in [2.45, 2.75) is 6.54 Å². The SMILES string of the molecule is CN(Cc1cccnc1)C(=O)C=Cc1nc2ccccc2o1. The summed E-state index contributed by atoms with van der Waals surface area (Å²) in [6.07, 6.45) is 6.50. The predicted molar refractivity (Wildman–Crippen MR) is 83.8 cm³/mol. The number of carbonyl (C=O) groups is 1. The molecular formula is C17H15N3O2. The van der Waals surface area contributed by atoms with Crippen LogP contribution in [0.15, 0.2) is 59.3 Å². The highest BCUT2D eigenvalue weighted by Gasteiger charge is 2.07. The lowest BCUT2D eigenvalue weighted by molar-refractivity contribution is -0.125. The molecule has 5 nitrogen and oxygen atoms in total. The highest BCUT2D eigenvalue weighted by atomic mass is 16.3. The van der Waals surface area contributed by atoms with Crippen molar-refractivity contribution in [2.75, 3.05) is 7.05 Å². The number of nitrogens with zero attached hydrogens (tertiary/aromatic N) is 3. The quantitative estimate of drug-likeness (QED) is 0.694. The van der Waals surface area contributed by atoms with Gasteiger partial charge in [0.2, 0.25) is 11.8 Å². The Morgan fingerprint density at radius 2 is 2.14 bits per heavy atom. The Balaban J connectivity index is 1.67. The second-order valence-electron chi connectivity index (χ2n) is 4.91. The first-order chi connectivity index (χ1) is 10.7. The van der Waals surface area contributed by atoms with E-state index in [0.717, 1.165) is 11.1 Å². The maximum atomic E-state index is 12.1. The number of oxazole rings is 1. The maximum absolute atomic E-state index is 12.1. The molecule has 0 bridgehead atoms. The molecule has 0 atom stereocenters. The number of amides is 1. The molecule has 0 aliphatic rings. The summed E-state index contributed by atoms with van der Waals surface area (Å²) in [6.45, 7) is 0.505. The Kier molecular flexibility index (Phi) is 3.96. The van der Waals surface area contributed by atoms with E-state index in [1.54, 1.807) is 30.4 Å². The normalized spacial score (nSPS) is 11.1. The van der Waals surface area contributed by atoms with E-state index in [2.05, 4.69) is 9.97 Å². The zero-order chi connectivity index (χ0) is 15.4. The van der Waals surface area contributed by atoms with Crippen LogP contribution in [0.4, 0.5) is 0 Å². The monoisotopic (exact) mass is 293 g/mol. The van der Waals surface area contributed by atoms with Crippen LogP contribution in [0.1, 0.15) is 11.5 Å². The molecule has 1 aromatic carbocycles. The number of para-hydroxylation sites is 2. The average molecular weight is 293 g/mol. The zero-order valence-electron chi connectivity index (χ0n) is 12.1. The summed E-state index contributed by atoms with van der Waals surface area (Å²) in [5, 5.41) is 0. The molecule has 0 aliphatic heterocycles. The number of hydrogen-bond donors (Lipinski definition) is 0. The molecule has 3 rings (SSSR count). The number of likely N-dealkylation sites (N-methyl/N-ethyl adjacent to an activating group) is 1. The first-order valence-electron chi connectivity index (χ1n) is 6.90. The van der Waals surface area contributed by atoms with Crippen molar-refractivity contribution in [2.24, 2.45) is 0 Å². The first kappa shape index (κ1) is 14.0. The van der Waals surface area contributed by atoms with E-state index in [0.29, 0.717) is 18.0 Å². The molecule has 0 unspecified atom stereocenters. The topological polar surface area (TPSA) is 59.2 Å².